The van der Waals surface area contributed by atoms with Crippen molar-refractivity contribution in [2.75, 3.05) is 13.2 Å². The Bertz CT molecular complexity index is 495. The van der Waals surface area contributed by atoms with Crippen LogP contribution in [0.1, 0.15) is 30.0 Å². The van der Waals surface area contributed by atoms with E-state index in [-0.39, 0.29) is 12.6 Å². The van der Waals surface area contributed by atoms with Gasteiger partial charge in [-0.2, -0.15) is 5.10 Å². The molecule has 1 aromatic heterocycles. The van der Waals surface area contributed by atoms with Gasteiger partial charge in [0.15, 0.2) is 0 Å². The Labute approximate surface area is 120 Å². The zero-order chi connectivity index (χ0) is 14.2. The molecule has 4 nitrogen and oxygen atoms in total. The van der Waals surface area contributed by atoms with Crippen LogP contribution in [0.4, 0.5) is 0 Å². The average molecular weight is 273 g/mol. The van der Waals surface area contributed by atoms with Gasteiger partial charge in [0.05, 0.1) is 6.20 Å². The molecule has 0 saturated carbocycles. The molecule has 108 valence electrons. The number of hydrogen-bond acceptors (Lipinski definition) is 3. The zero-order valence-electron chi connectivity index (χ0n) is 12.0. The smallest absolute Gasteiger partial charge is 0.0521 e. The third kappa shape index (κ3) is 4.47. The Morgan fingerprint density at radius 3 is 2.75 bits per heavy atom. The number of benzene rings is 1. The predicted molar refractivity (Wildman–Crippen MR) is 80.4 cm³/mol. The molecule has 0 fully saturated rings. The van der Waals surface area contributed by atoms with Gasteiger partial charge < -0.3 is 10.4 Å². The first-order valence-electron chi connectivity index (χ1n) is 7.16. The maximum Gasteiger partial charge on any atom is 0.0521 e. The molecule has 4 heteroatoms. The lowest BCUT2D eigenvalue weighted by Gasteiger charge is -2.18. The van der Waals surface area contributed by atoms with E-state index in [4.69, 9.17) is 0 Å². The molecule has 20 heavy (non-hydrogen) atoms. The molecule has 1 aromatic carbocycles. The number of rotatable bonds is 8. The fourth-order valence-electron chi connectivity index (χ4n) is 2.37. The second kappa shape index (κ2) is 7.82. The second-order valence-corrected chi connectivity index (χ2v) is 5.06. The molecule has 0 spiro atoms. The van der Waals surface area contributed by atoms with Crippen molar-refractivity contribution in [1.82, 2.24) is 15.1 Å². The van der Waals surface area contributed by atoms with Crippen LogP contribution in [0.5, 0.6) is 0 Å². The van der Waals surface area contributed by atoms with Crippen LogP contribution in [0, 0.1) is 0 Å². The number of hydrogen-bond donors (Lipinski definition) is 2. The molecule has 0 bridgehead atoms. The molecule has 0 radical (unpaired) electrons. The largest absolute Gasteiger partial charge is 0.396 e. The van der Waals surface area contributed by atoms with E-state index in [0.717, 1.165) is 25.8 Å². The number of aliphatic hydroxyl groups excluding tert-OH is 1. The summed E-state index contributed by atoms with van der Waals surface area (Å²) in [5.41, 5.74) is 2.51. The highest BCUT2D eigenvalue weighted by molar-refractivity contribution is 5.18. The van der Waals surface area contributed by atoms with Crippen LogP contribution in [0.15, 0.2) is 42.7 Å². The van der Waals surface area contributed by atoms with Gasteiger partial charge in [0.25, 0.3) is 0 Å². The third-order valence-electron chi connectivity index (χ3n) is 3.41. The molecular formula is C16H23N3O. The van der Waals surface area contributed by atoms with Crippen molar-refractivity contribution in [2.45, 2.75) is 25.3 Å². The molecular weight excluding hydrogens is 250 g/mol. The second-order valence-electron chi connectivity index (χ2n) is 5.06. The maximum atomic E-state index is 9.18. The van der Waals surface area contributed by atoms with Crippen LogP contribution < -0.4 is 5.32 Å². The summed E-state index contributed by atoms with van der Waals surface area (Å²) in [5, 5.41) is 16.9. The highest BCUT2D eigenvalue weighted by atomic mass is 16.3. The minimum atomic E-state index is 0.204. The SMILES string of the molecule is Cn1cc(CCCNC(CCO)c2ccccc2)cn1. The van der Waals surface area contributed by atoms with E-state index < -0.39 is 0 Å². The molecule has 0 amide bonds. The molecule has 0 saturated heterocycles. The van der Waals surface area contributed by atoms with Crippen molar-refractivity contribution in [3.8, 4) is 0 Å². The Hall–Kier alpha value is -1.65. The summed E-state index contributed by atoms with van der Waals surface area (Å²) in [4.78, 5) is 0. The molecule has 1 unspecified atom stereocenters. The zero-order valence-corrected chi connectivity index (χ0v) is 12.0. The maximum absolute atomic E-state index is 9.18. The first-order valence-corrected chi connectivity index (χ1v) is 7.16. The molecule has 2 aromatic rings. The lowest BCUT2D eigenvalue weighted by atomic mass is 10.0. The number of nitrogens with zero attached hydrogens (tertiary/aromatic N) is 2. The topological polar surface area (TPSA) is 50.1 Å². The molecule has 0 aliphatic heterocycles. The van der Waals surface area contributed by atoms with Crippen LogP contribution in [-0.2, 0) is 13.5 Å². The average Bonchev–Trinajstić information content (AvgIpc) is 2.89. The van der Waals surface area contributed by atoms with Crippen molar-refractivity contribution in [1.29, 1.82) is 0 Å². The summed E-state index contributed by atoms with van der Waals surface area (Å²) in [5.74, 6) is 0. The minimum Gasteiger partial charge on any atom is -0.396 e. The van der Waals surface area contributed by atoms with Gasteiger partial charge in [-0.25, -0.2) is 0 Å². The van der Waals surface area contributed by atoms with Crippen molar-refractivity contribution in [3.63, 3.8) is 0 Å². The van der Waals surface area contributed by atoms with Crippen molar-refractivity contribution in [2.24, 2.45) is 7.05 Å². The van der Waals surface area contributed by atoms with Crippen molar-refractivity contribution < 1.29 is 5.11 Å². The Kier molecular flexibility index (Phi) is 5.77. The van der Waals surface area contributed by atoms with E-state index in [2.05, 4.69) is 28.7 Å². The molecule has 0 aliphatic carbocycles. The summed E-state index contributed by atoms with van der Waals surface area (Å²) in [6.45, 7) is 1.14. The van der Waals surface area contributed by atoms with Gasteiger partial charge in [-0.1, -0.05) is 30.3 Å². The van der Waals surface area contributed by atoms with Gasteiger partial charge in [0.2, 0.25) is 0 Å². The highest BCUT2D eigenvalue weighted by Gasteiger charge is 2.09. The number of nitrogens with one attached hydrogen (secondary N) is 1. The lowest BCUT2D eigenvalue weighted by molar-refractivity contribution is 0.265. The van der Waals surface area contributed by atoms with Gasteiger partial charge >= 0.3 is 0 Å². The summed E-state index contributed by atoms with van der Waals surface area (Å²) >= 11 is 0. The van der Waals surface area contributed by atoms with E-state index in [1.807, 2.05) is 36.1 Å². The van der Waals surface area contributed by atoms with E-state index in [9.17, 15) is 5.11 Å². The van der Waals surface area contributed by atoms with E-state index in [1.54, 1.807) is 0 Å². The van der Waals surface area contributed by atoms with Gasteiger partial charge in [0, 0.05) is 25.9 Å². The van der Waals surface area contributed by atoms with Gasteiger partial charge in [-0.3, -0.25) is 4.68 Å². The highest BCUT2D eigenvalue weighted by Crippen LogP contribution is 2.16. The molecule has 2 N–H and O–H groups in total. The van der Waals surface area contributed by atoms with Crippen molar-refractivity contribution >= 4 is 0 Å². The first-order chi connectivity index (χ1) is 9.79. The normalized spacial score (nSPS) is 12.5. The Morgan fingerprint density at radius 1 is 1.30 bits per heavy atom. The molecule has 0 aliphatic rings. The predicted octanol–water partition coefficient (Wildman–Crippen LogP) is 2.07. The van der Waals surface area contributed by atoms with Crippen molar-refractivity contribution in [3.05, 3.63) is 53.9 Å². The number of aryl methyl sites for hydroxylation is 2. The van der Waals surface area contributed by atoms with Crippen LogP contribution in [-0.4, -0.2) is 28.0 Å². The standard InChI is InChI=1S/C16H23N3O/c1-19-13-14(12-18-19)6-5-10-17-16(9-11-20)15-7-3-2-4-8-15/h2-4,7-8,12-13,16-17,20H,5-6,9-11H2,1H3. The van der Waals surface area contributed by atoms with Crippen LogP contribution >= 0.6 is 0 Å². The Morgan fingerprint density at radius 2 is 2.10 bits per heavy atom. The number of aromatic nitrogens is 2. The Balaban J connectivity index is 1.78. The van der Waals surface area contributed by atoms with E-state index >= 15 is 0 Å². The van der Waals surface area contributed by atoms with E-state index in [1.165, 1.54) is 11.1 Å². The van der Waals surface area contributed by atoms with Crippen LogP contribution in [0.3, 0.4) is 0 Å². The minimum absolute atomic E-state index is 0.204. The molecule has 1 atom stereocenters. The van der Waals surface area contributed by atoms with Gasteiger partial charge in [-0.15, -0.1) is 0 Å². The van der Waals surface area contributed by atoms with Gasteiger partial charge in [-0.05, 0) is 36.9 Å². The van der Waals surface area contributed by atoms with Crippen LogP contribution in [0.25, 0.3) is 0 Å². The van der Waals surface area contributed by atoms with Gasteiger partial charge in [0.1, 0.15) is 0 Å². The summed E-state index contributed by atoms with van der Waals surface area (Å²) < 4.78 is 1.83. The van der Waals surface area contributed by atoms with E-state index in [0.29, 0.717) is 0 Å². The first kappa shape index (κ1) is 14.8. The summed E-state index contributed by atoms with van der Waals surface area (Å²) in [6, 6.07) is 10.5. The van der Waals surface area contributed by atoms with Crippen LogP contribution in [0.2, 0.25) is 0 Å². The third-order valence-corrected chi connectivity index (χ3v) is 3.41. The molecule has 2 rings (SSSR count). The summed E-state index contributed by atoms with van der Waals surface area (Å²) in [6.07, 6.45) is 6.82. The number of aliphatic hydroxyl groups is 1. The monoisotopic (exact) mass is 273 g/mol. The lowest BCUT2D eigenvalue weighted by Crippen LogP contribution is -2.23. The summed E-state index contributed by atoms with van der Waals surface area (Å²) in [7, 11) is 1.94. The quantitative estimate of drug-likeness (QED) is 0.724. The fraction of sp³-hybridized carbons (Fsp3) is 0.438. The fourth-order valence-corrected chi connectivity index (χ4v) is 2.37. The molecule has 1 heterocycles.